The number of aromatic carboxylic acids is 1. The summed E-state index contributed by atoms with van der Waals surface area (Å²) in [6, 6.07) is 19.3. The molecule has 0 unspecified atom stereocenters. The number of nitrogens with one attached hydrogen (secondary N) is 1. The standard InChI is InChI=1S/C27H22N4O2S/c1-16-11-19(13-20(12-16)31-27-28-10-9-17(2)30-27)24-15-29-25(34-24)14-18-7-8-23(26(32)33)22-6-4-3-5-21(18)22/h3-13,15H,14H2,1-2H3,(H,32,33)(H,28,30,31). The fourth-order valence-corrected chi connectivity index (χ4v) is 4.95. The van der Waals surface area contributed by atoms with Gasteiger partial charge >= 0.3 is 5.97 Å². The van der Waals surface area contributed by atoms with E-state index >= 15 is 0 Å². The van der Waals surface area contributed by atoms with Crippen LogP contribution in [-0.4, -0.2) is 26.0 Å². The topological polar surface area (TPSA) is 88.0 Å². The maximum Gasteiger partial charge on any atom is 0.336 e. The molecule has 2 heterocycles. The van der Waals surface area contributed by atoms with Crippen molar-refractivity contribution in [1.29, 1.82) is 0 Å². The molecular formula is C27H22N4O2S. The summed E-state index contributed by atoms with van der Waals surface area (Å²) < 4.78 is 0. The van der Waals surface area contributed by atoms with E-state index in [1.807, 2.05) is 49.5 Å². The number of carbonyl (C=O) groups is 1. The summed E-state index contributed by atoms with van der Waals surface area (Å²) in [6.45, 7) is 4.00. The van der Waals surface area contributed by atoms with Gasteiger partial charge in [0.05, 0.1) is 15.4 Å². The highest BCUT2D eigenvalue weighted by Gasteiger charge is 2.13. The second-order valence-electron chi connectivity index (χ2n) is 8.15. The molecule has 2 aromatic heterocycles. The second-order valence-corrected chi connectivity index (χ2v) is 9.27. The Hall–Kier alpha value is -4.10. The van der Waals surface area contributed by atoms with Gasteiger partial charge in [0.2, 0.25) is 5.95 Å². The molecular weight excluding hydrogens is 444 g/mol. The van der Waals surface area contributed by atoms with Gasteiger partial charge in [-0.2, -0.15) is 0 Å². The Kier molecular flexibility index (Phi) is 5.77. The van der Waals surface area contributed by atoms with E-state index in [9.17, 15) is 9.90 Å². The molecule has 6 nitrogen and oxygen atoms in total. The molecule has 2 N–H and O–H groups in total. The lowest BCUT2D eigenvalue weighted by molar-refractivity contribution is 0.0699. The smallest absolute Gasteiger partial charge is 0.336 e. The number of anilines is 2. The summed E-state index contributed by atoms with van der Waals surface area (Å²) in [5.41, 5.74) is 5.40. The Labute approximate surface area is 201 Å². The number of nitrogens with zero attached hydrogens (tertiary/aromatic N) is 3. The van der Waals surface area contributed by atoms with Gasteiger partial charge in [0.25, 0.3) is 0 Å². The molecule has 0 spiro atoms. The van der Waals surface area contributed by atoms with Gasteiger partial charge in [-0.25, -0.2) is 19.7 Å². The highest BCUT2D eigenvalue weighted by atomic mass is 32.1. The van der Waals surface area contributed by atoms with Crippen LogP contribution in [0.4, 0.5) is 11.6 Å². The van der Waals surface area contributed by atoms with Gasteiger partial charge in [-0.1, -0.05) is 36.4 Å². The predicted octanol–water partition coefficient (Wildman–Crippen LogP) is 6.40. The number of hydrogen-bond donors (Lipinski definition) is 2. The van der Waals surface area contributed by atoms with Gasteiger partial charge in [0.15, 0.2) is 0 Å². The van der Waals surface area contributed by atoms with Gasteiger partial charge in [0, 0.05) is 30.2 Å². The van der Waals surface area contributed by atoms with E-state index in [1.165, 1.54) is 0 Å². The van der Waals surface area contributed by atoms with Gasteiger partial charge in [-0.3, -0.25) is 0 Å². The van der Waals surface area contributed by atoms with Crippen LogP contribution in [0.25, 0.3) is 21.2 Å². The minimum Gasteiger partial charge on any atom is -0.478 e. The van der Waals surface area contributed by atoms with E-state index < -0.39 is 5.97 Å². The first-order valence-corrected chi connectivity index (χ1v) is 11.7. The third-order valence-electron chi connectivity index (χ3n) is 5.55. The minimum atomic E-state index is -0.917. The molecule has 34 heavy (non-hydrogen) atoms. The van der Waals surface area contributed by atoms with Crippen LogP contribution in [0.1, 0.15) is 32.2 Å². The zero-order valence-electron chi connectivity index (χ0n) is 18.7. The van der Waals surface area contributed by atoms with Crippen LogP contribution in [0.15, 0.2) is 73.1 Å². The van der Waals surface area contributed by atoms with Crippen LogP contribution < -0.4 is 5.32 Å². The van der Waals surface area contributed by atoms with E-state index in [4.69, 9.17) is 0 Å². The third kappa shape index (κ3) is 4.51. The van der Waals surface area contributed by atoms with E-state index in [0.717, 1.165) is 48.7 Å². The summed E-state index contributed by atoms with van der Waals surface area (Å²) in [6.07, 6.45) is 4.28. The van der Waals surface area contributed by atoms with Crippen molar-refractivity contribution in [3.05, 3.63) is 100 Å². The Morgan fingerprint density at radius 2 is 1.82 bits per heavy atom. The number of rotatable bonds is 6. The average Bonchev–Trinajstić information content (AvgIpc) is 3.27. The molecule has 0 saturated heterocycles. The molecule has 0 fully saturated rings. The second kappa shape index (κ2) is 9.03. The maximum atomic E-state index is 11.6. The fourth-order valence-electron chi connectivity index (χ4n) is 4.03. The molecule has 0 radical (unpaired) electrons. The SMILES string of the molecule is Cc1cc(Nc2nccc(C)n2)cc(-c2cnc(Cc3ccc(C(=O)O)c4ccccc34)s2)c1. The summed E-state index contributed by atoms with van der Waals surface area (Å²) in [5.74, 6) is -0.350. The van der Waals surface area contributed by atoms with Crippen LogP contribution in [-0.2, 0) is 6.42 Å². The number of carboxylic acid groups (broad SMARTS) is 1. The molecule has 7 heteroatoms. The zero-order chi connectivity index (χ0) is 23.7. The molecule has 5 aromatic rings. The van der Waals surface area contributed by atoms with Gasteiger partial charge in [-0.05, 0) is 65.6 Å². The monoisotopic (exact) mass is 466 g/mol. The number of hydrogen-bond acceptors (Lipinski definition) is 6. The van der Waals surface area contributed by atoms with Gasteiger partial charge in [-0.15, -0.1) is 11.3 Å². The van der Waals surface area contributed by atoms with Crippen molar-refractivity contribution in [3.8, 4) is 10.4 Å². The lowest BCUT2D eigenvalue weighted by Crippen LogP contribution is -1.99. The molecule has 0 aliphatic heterocycles. The Bertz CT molecular complexity index is 1530. The largest absolute Gasteiger partial charge is 0.478 e. The molecule has 5 rings (SSSR count). The quantitative estimate of drug-likeness (QED) is 0.301. The first-order chi connectivity index (χ1) is 16.5. The van der Waals surface area contributed by atoms with E-state index in [1.54, 1.807) is 23.6 Å². The third-order valence-corrected chi connectivity index (χ3v) is 6.60. The Morgan fingerprint density at radius 1 is 1.00 bits per heavy atom. The zero-order valence-corrected chi connectivity index (χ0v) is 19.6. The molecule has 3 aromatic carbocycles. The van der Waals surface area contributed by atoms with Crippen molar-refractivity contribution < 1.29 is 9.90 Å². The van der Waals surface area contributed by atoms with Crippen molar-refractivity contribution in [2.75, 3.05) is 5.32 Å². The van der Waals surface area contributed by atoms with Crippen molar-refractivity contribution in [3.63, 3.8) is 0 Å². The van der Waals surface area contributed by atoms with Gasteiger partial charge in [0.1, 0.15) is 0 Å². The van der Waals surface area contributed by atoms with Crippen LogP contribution in [0, 0.1) is 13.8 Å². The van der Waals surface area contributed by atoms with E-state index in [0.29, 0.717) is 17.9 Å². The van der Waals surface area contributed by atoms with Crippen molar-refractivity contribution in [2.24, 2.45) is 0 Å². The summed E-state index contributed by atoms with van der Waals surface area (Å²) in [4.78, 5) is 26.1. The lowest BCUT2D eigenvalue weighted by Gasteiger charge is -2.09. The Morgan fingerprint density at radius 3 is 2.62 bits per heavy atom. The number of aromatic nitrogens is 3. The summed E-state index contributed by atoms with van der Waals surface area (Å²) >= 11 is 1.64. The number of thiazole rings is 1. The molecule has 0 saturated carbocycles. The number of aryl methyl sites for hydroxylation is 2. The molecule has 0 aliphatic rings. The molecule has 0 aliphatic carbocycles. The van der Waals surface area contributed by atoms with Crippen molar-refractivity contribution in [2.45, 2.75) is 20.3 Å². The molecule has 0 atom stereocenters. The van der Waals surface area contributed by atoms with Crippen LogP contribution >= 0.6 is 11.3 Å². The lowest BCUT2D eigenvalue weighted by atomic mass is 9.98. The molecule has 168 valence electrons. The fraction of sp³-hybridized carbons (Fsp3) is 0.111. The first kappa shape index (κ1) is 21.7. The highest BCUT2D eigenvalue weighted by molar-refractivity contribution is 7.15. The highest BCUT2D eigenvalue weighted by Crippen LogP contribution is 2.32. The summed E-state index contributed by atoms with van der Waals surface area (Å²) in [5, 5.41) is 15.5. The number of fused-ring (bicyclic) bond motifs is 1. The molecule has 0 amide bonds. The minimum absolute atomic E-state index is 0.316. The van der Waals surface area contributed by atoms with Crippen LogP contribution in [0.5, 0.6) is 0 Å². The number of carboxylic acids is 1. The van der Waals surface area contributed by atoms with Gasteiger partial charge < -0.3 is 10.4 Å². The summed E-state index contributed by atoms with van der Waals surface area (Å²) in [7, 11) is 0. The Balaban J connectivity index is 1.43. The predicted molar refractivity (Wildman–Crippen MR) is 136 cm³/mol. The van der Waals surface area contributed by atoms with E-state index in [-0.39, 0.29) is 0 Å². The van der Waals surface area contributed by atoms with Crippen molar-refractivity contribution >= 4 is 39.7 Å². The molecule has 0 bridgehead atoms. The normalized spacial score (nSPS) is 11.0. The van der Waals surface area contributed by atoms with Crippen LogP contribution in [0.2, 0.25) is 0 Å². The first-order valence-electron chi connectivity index (χ1n) is 10.8. The maximum absolute atomic E-state index is 11.6. The van der Waals surface area contributed by atoms with Crippen LogP contribution in [0.3, 0.4) is 0 Å². The number of benzene rings is 3. The average molecular weight is 467 g/mol. The van der Waals surface area contributed by atoms with E-state index in [2.05, 4.69) is 45.4 Å². The van der Waals surface area contributed by atoms with Crippen molar-refractivity contribution in [1.82, 2.24) is 15.0 Å².